The van der Waals surface area contributed by atoms with E-state index < -0.39 is 8.32 Å². The lowest BCUT2D eigenvalue weighted by molar-refractivity contribution is 0.211. The average molecular weight is 360 g/mol. The van der Waals surface area contributed by atoms with Gasteiger partial charge in [-0.1, -0.05) is 65.2 Å². The minimum absolute atomic E-state index is 0.128. The van der Waals surface area contributed by atoms with Gasteiger partial charge in [-0.25, -0.2) is 0 Å². The third kappa shape index (κ3) is 5.65. The number of unbranched alkanes of at least 4 members (excludes halogenated alkanes) is 2. The highest BCUT2D eigenvalue weighted by atomic mass is 28.4. The summed E-state index contributed by atoms with van der Waals surface area (Å²) >= 11 is 0. The van der Waals surface area contributed by atoms with Crippen molar-refractivity contribution in [2.45, 2.75) is 77.6 Å². The summed E-state index contributed by atoms with van der Waals surface area (Å²) in [4.78, 5) is 0. The van der Waals surface area contributed by atoms with Crippen molar-refractivity contribution in [3.05, 3.63) is 36.3 Å². The lowest BCUT2D eigenvalue weighted by atomic mass is 9.89. The van der Waals surface area contributed by atoms with Gasteiger partial charge in [0, 0.05) is 0 Å². The van der Waals surface area contributed by atoms with Gasteiger partial charge in [-0.15, -0.1) is 0 Å². The van der Waals surface area contributed by atoms with E-state index in [1.165, 1.54) is 19.3 Å². The second kappa shape index (κ2) is 8.46. The van der Waals surface area contributed by atoms with Crippen LogP contribution in [-0.4, -0.2) is 21.5 Å². The molecule has 0 saturated carbocycles. The molecule has 0 saturated heterocycles. The van der Waals surface area contributed by atoms with Gasteiger partial charge in [-0.2, -0.15) is 0 Å². The topological polar surface area (TPSA) is 27.7 Å². The molecule has 1 aliphatic heterocycles. The Bertz CT molecular complexity index is 556. The first-order valence-electron chi connectivity index (χ1n) is 9.51. The number of para-hydroxylation sites is 2. The molecule has 2 rings (SSSR count). The van der Waals surface area contributed by atoms with E-state index in [2.05, 4.69) is 46.9 Å². The maximum Gasteiger partial charge on any atom is 0.624 e. The summed E-state index contributed by atoms with van der Waals surface area (Å²) in [5.74, 6) is 3.62. The number of fused-ring (bicyclic) bond motifs is 1. The molecule has 138 valence electrons. The summed E-state index contributed by atoms with van der Waals surface area (Å²) in [6.07, 6.45) is 6.98. The molecule has 0 aromatic heterocycles. The van der Waals surface area contributed by atoms with Crippen LogP contribution in [0.1, 0.15) is 53.4 Å². The zero-order chi connectivity index (χ0) is 18.5. The highest BCUT2D eigenvalue weighted by Crippen LogP contribution is 2.38. The third-order valence-corrected chi connectivity index (χ3v) is 9.67. The van der Waals surface area contributed by atoms with Gasteiger partial charge in [-0.05, 0) is 42.7 Å². The first-order valence-corrected chi connectivity index (χ1v) is 12.4. The van der Waals surface area contributed by atoms with Crippen molar-refractivity contribution >= 4 is 15.4 Å². The van der Waals surface area contributed by atoms with Gasteiger partial charge < -0.3 is 13.7 Å². The molecule has 0 bridgehead atoms. The van der Waals surface area contributed by atoms with Crippen LogP contribution in [0.25, 0.3) is 0 Å². The number of hydrogen-bond acceptors (Lipinski definition) is 3. The van der Waals surface area contributed by atoms with E-state index in [4.69, 9.17) is 13.7 Å². The van der Waals surface area contributed by atoms with Crippen LogP contribution in [0.5, 0.6) is 11.5 Å². The quantitative estimate of drug-likeness (QED) is 0.420. The van der Waals surface area contributed by atoms with Crippen LogP contribution < -0.4 is 9.31 Å². The second-order valence-corrected chi connectivity index (χ2v) is 13.1. The van der Waals surface area contributed by atoms with Crippen molar-refractivity contribution in [3.63, 3.8) is 0 Å². The minimum atomic E-state index is -1.80. The summed E-state index contributed by atoms with van der Waals surface area (Å²) in [5, 5.41) is 0.209. The second-order valence-electron chi connectivity index (χ2n) is 8.35. The zero-order valence-corrected chi connectivity index (χ0v) is 17.7. The predicted molar refractivity (Wildman–Crippen MR) is 109 cm³/mol. The van der Waals surface area contributed by atoms with Gasteiger partial charge in [0.25, 0.3) is 0 Å². The van der Waals surface area contributed by atoms with E-state index >= 15 is 0 Å². The van der Waals surface area contributed by atoms with Crippen LogP contribution >= 0.6 is 0 Å². The zero-order valence-electron chi connectivity index (χ0n) is 16.7. The van der Waals surface area contributed by atoms with Crippen LogP contribution in [0.15, 0.2) is 36.3 Å². The molecule has 1 aromatic rings. The molecular weight excluding hydrogens is 327 g/mol. The van der Waals surface area contributed by atoms with Crippen molar-refractivity contribution < 1.29 is 13.7 Å². The van der Waals surface area contributed by atoms with Gasteiger partial charge in [0.2, 0.25) is 0 Å². The van der Waals surface area contributed by atoms with Gasteiger partial charge >= 0.3 is 7.12 Å². The Hall–Kier alpha value is -1.20. The van der Waals surface area contributed by atoms with Crippen molar-refractivity contribution in [1.82, 2.24) is 0 Å². The van der Waals surface area contributed by atoms with Crippen molar-refractivity contribution in [3.8, 4) is 11.5 Å². The Labute approximate surface area is 155 Å². The molecule has 1 heterocycles. The van der Waals surface area contributed by atoms with Crippen molar-refractivity contribution in [1.29, 1.82) is 0 Å². The third-order valence-electron chi connectivity index (χ3n) is 5.16. The van der Waals surface area contributed by atoms with E-state index in [1.807, 2.05) is 30.2 Å². The smallest absolute Gasteiger partial charge is 0.520 e. The monoisotopic (exact) mass is 360 g/mol. The van der Waals surface area contributed by atoms with Crippen molar-refractivity contribution in [2.75, 3.05) is 0 Å². The molecule has 3 nitrogen and oxygen atoms in total. The molecule has 1 atom stereocenters. The Morgan fingerprint density at radius 1 is 1.12 bits per heavy atom. The first kappa shape index (κ1) is 20.1. The molecule has 1 aliphatic rings. The Balaban J connectivity index is 2.01. The highest BCUT2D eigenvalue weighted by Gasteiger charge is 2.39. The van der Waals surface area contributed by atoms with Gasteiger partial charge in [0.15, 0.2) is 8.32 Å². The Morgan fingerprint density at radius 2 is 1.72 bits per heavy atom. The minimum Gasteiger partial charge on any atom is -0.520 e. The van der Waals surface area contributed by atoms with Gasteiger partial charge in [0.05, 0.1) is 6.10 Å². The molecule has 0 radical (unpaired) electrons. The standard InChI is InChI=1S/C20H33BO3Si/c1-7-8-9-12-17(24-25(5,6)20(2,3)4)15-16-21-22-18-13-10-11-14-19(18)23-21/h10-11,13-17H,7-9,12H2,1-6H3/b16-15+. The molecule has 5 heteroatoms. The predicted octanol–water partition coefficient (Wildman–Crippen LogP) is 6.01. The van der Waals surface area contributed by atoms with E-state index in [0.717, 1.165) is 17.9 Å². The molecule has 0 N–H and O–H groups in total. The van der Waals surface area contributed by atoms with Crippen LogP contribution in [0.2, 0.25) is 18.1 Å². The maximum atomic E-state index is 6.63. The molecule has 1 unspecified atom stereocenters. The van der Waals surface area contributed by atoms with Crippen LogP contribution in [-0.2, 0) is 4.43 Å². The maximum absolute atomic E-state index is 6.63. The summed E-state index contributed by atoms with van der Waals surface area (Å²) in [6.45, 7) is 13.7. The summed E-state index contributed by atoms with van der Waals surface area (Å²) in [5.41, 5.74) is 0. The van der Waals surface area contributed by atoms with Crippen molar-refractivity contribution in [2.24, 2.45) is 0 Å². The van der Waals surface area contributed by atoms with E-state index in [1.54, 1.807) is 0 Å². The van der Waals surface area contributed by atoms with Crippen LogP contribution in [0.3, 0.4) is 0 Å². The van der Waals surface area contributed by atoms with E-state index in [-0.39, 0.29) is 18.3 Å². The molecule has 0 spiro atoms. The fourth-order valence-electron chi connectivity index (χ4n) is 2.56. The fraction of sp³-hybridized carbons (Fsp3) is 0.600. The largest absolute Gasteiger partial charge is 0.624 e. The fourth-order valence-corrected chi connectivity index (χ4v) is 3.86. The number of hydrogen-bond donors (Lipinski definition) is 0. The van der Waals surface area contributed by atoms with E-state index in [0.29, 0.717) is 0 Å². The normalized spacial score (nSPS) is 15.8. The molecule has 25 heavy (non-hydrogen) atoms. The molecule has 0 aliphatic carbocycles. The summed E-state index contributed by atoms with van der Waals surface area (Å²) in [7, 11) is -2.15. The van der Waals surface area contributed by atoms with Gasteiger partial charge in [0.1, 0.15) is 11.5 Å². The van der Waals surface area contributed by atoms with Crippen LogP contribution in [0, 0.1) is 0 Å². The molecular formula is C20H33BO3Si. The SMILES string of the molecule is CCCCCC(/C=C/B1Oc2ccccc2O1)O[Si](C)(C)C(C)(C)C. The number of rotatable bonds is 8. The molecule has 0 fully saturated rings. The lowest BCUT2D eigenvalue weighted by Crippen LogP contribution is -2.43. The first-order chi connectivity index (χ1) is 11.7. The Morgan fingerprint density at radius 3 is 2.24 bits per heavy atom. The molecule has 0 amide bonds. The van der Waals surface area contributed by atoms with Gasteiger partial charge in [-0.3, -0.25) is 0 Å². The Kier molecular flexibility index (Phi) is 6.80. The highest BCUT2D eigenvalue weighted by molar-refractivity contribution is 6.74. The van der Waals surface area contributed by atoms with Crippen LogP contribution in [0.4, 0.5) is 0 Å². The summed E-state index contributed by atoms with van der Waals surface area (Å²) in [6, 6.07) is 7.80. The lowest BCUT2D eigenvalue weighted by Gasteiger charge is -2.38. The van der Waals surface area contributed by atoms with E-state index in [9.17, 15) is 0 Å². The average Bonchev–Trinajstić information content (AvgIpc) is 2.94. The summed E-state index contributed by atoms with van der Waals surface area (Å²) < 4.78 is 18.3. The molecule has 1 aromatic carbocycles. The number of benzene rings is 1.